The van der Waals surface area contributed by atoms with E-state index in [9.17, 15) is 17.6 Å². The van der Waals surface area contributed by atoms with Crippen molar-refractivity contribution in [2.24, 2.45) is 0 Å². The lowest BCUT2D eigenvalue weighted by molar-refractivity contribution is -0.131. The fourth-order valence-electron chi connectivity index (χ4n) is 2.67. The highest BCUT2D eigenvalue weighted by atomic mass is 32.2. The number of halogens is 1. The van der Waals surface area contributed by atoms with Crippen LogP contribution in [0.1, 0.15) is 32.8 Å². The summed E-state index contributed by atoms with van der Waals surface area (Å²) in [6.45, 7) is 5.55. The Kier molecular flexibility index (Phi) is 7.01. The molecule has 0 unspecified atom stereocenters. The predicted molar refractivity (Wildman–Crippen MR) is 103 cm³/mol. The van der Waals surface area contributed by atoms with Gasteiger partial charge in [0.05, 0.1) is 7.11 Å². The number of hydrogen-bond donors (Lipinski definition) is 0. The summed E-state index contributed by atoms with van der Waals surface area (Å²) in [5, 5.41) is 0. The zero-order chi connectivity index (χ0) is 20.9. The topological polar surface area (TPSA) is 72.9 Å². The number of ether oxygens (including phenoxy) is 1. The van der Waals surface area contributed by atoms with Crippen LogP contribution in [0.5, 0.6) is 11.5 Å². The third-order valence-corrected chi connectivity index (χ3v) is 5.68. The average molecular weight is 409 g/mol. The fourth-order valence-corrected chi connectivity index (χ4v) is 3.64. The highest BCUT2D eigenvalue weighted by Crippen LogP contribution is 2.27. The van der Waals surface area contributed by atoms with Gasteiger partial charge >= 0.3 is 10.1 Å². The third-order valence-electron chi connectivity index (χ3n) is 4.45. The molecule has 0 saturated carbocycles. The van der Waals surface area contributed by atoms with E-state index in [1.54, 1.807) is 23.1 Å². The Hall–Kier alpha value is -2.61. The molecule has 0 saturated heterocycles. The third kappa shape index (κ3) is 5.01. The van der Waals surface area contributed by atoms with Crippen molar-refractivity contribution in [1.29, 1.82) is 0 Å². The van der Waals surface area contributed by atoms with E-state index >= 15 is 0 Å². The average Bonchev–Trinajstić information content (AvgIpc) is 2.66. The summed E-state index contributed by atoms with van der Waals surface area (Å²) in [5.74, 6) is -0.900. The van der Waals surface area contributed by atoms with Gasteiger partial charge in [0.25, 0.3) is 0 Å². The lowest BCUT2D eigenvalue weighted by Crippen LogP contribution is -2.36. The molecule has 6 nitrogen and oxygen atoms in total. The molecule has 0 aliphatic carbocycles. The van der Waals surface area contributed by atoms with Gasteiger partial charge in [0, 0.05) is 25.1 Å². The number of carbonyl (C=O) groups is 1. The molecule has 0 N–H and O–H groups in total. The molecule has 2 rings (SSSR count). The summed E-state index contributed by atoms with van der Waals surface area (Å²) in [6, 6.07) is 9.81. The molecule has 2 aromatic rings. The molecule has 1 atom stereocenters. The Bertz CT molecular complexity index is 945. The SMILES string of the molecule is CC[C@@H](C)N(Cc1ccccc1OS(=O)(=O)c1ccc(OC)c(F)c1)C(C)=O. The molecule has 2 aromatic carbocycles. The number of amides is 1. The van der Waals surface area contributed by atoms with Crippen molar-refractivity contribution in [3.8, 4) is 11.5 Å². The van der Waals surface area contributed by atoms with Crippen molar-refractivity contribution >= 4 is 16.0 Å². The van der Waals surface area contributed by atoms with Gasteiger partial charge in [-0.25, -0.2) is 4.39 Å². The zero-order valence-corrected chi connectivity index (χ0v) is 17.1. The van der Waals surface area contributed by atoms with Gasteiger partial charge in [0.15, 0.2) is 11.6 Å². The van der Waals surface area contributed by atoms with Gasteiger partial charge in [0.2, 0.25) is 5.91 Å². The molecule has 0 aliphatic heterocycles. The molecule has 0 fully saturated rings. The van der Waals surface area contributed by atoms with Crippen molar-refractivity contribution in [2.45, 2.75) is 44.7 Å². The summed E-state index contributed by atoms with van der Waals surface area (Å²) in [6.07, 6.45) is 0.756. The van der Waals surface area contributed by atoms with E-state index in [-0.39, 0.29) is 34.9 Å². The van der Waals surface area contributed by atoms with E-state index in [1.165, 1.54) is 32.2 Å². The van der Waals surface area contributed by atoms with Crippen molar-refractivity contribution in [2.75, 3.05) is 7.11 Å². The van der Waals surface area contributed by atoms with Gasteiger partial charge in [-0.15, -0.1) is 0 Å². The molecule has 0 aliphatic rings. The van der Waals surface area contributed by atoms with E-state index in [1.807, 2.05) is 13.8 Å². The number of rotatable bonds is 8. The first kappa shape index (κ1) is 21.7. The number of hydrogen-bond acceptors (Lipinski definition) is 5. The van der Waals surface area contributed by atoms with Gasteiger partial charge in [0.1, 0.15) is 10.6 Å². The summed E-state index contributed by atoms with van der Waals surface area (Å²) in [7, 11) is -2.98. The van der Waals surface area contributed by atoms with Gasteiger partial charge < -0.3 is 13.8 Å². The molecule has 0 heterocycles. The Morgan fingerprint density at radius 2 is 1.86 bits per heavy atom. The molecule has 0 radical (unpaired) electrons. The highest BCUT2D eigenvalue weighted by Gasteiger charge is 2.22. The van der Waals surface area contributed by atoms with Crippen molar-refractivity contribution < 1.29 is 26.5 Å². The first-order chi connectivity index (χ1) is 13.2. The molecule has 0 aromatic heterocycles. The lowest BCUT2D eigenvalue weighted by Gasteiger charge is -2.28. The van der Waals surface area contributed by atoms with Crippen LogP contribution in [0.3, 0.4) is 0 Å². The van der Waals surface area contributed by atoms with E-state index in [2.05, 4.69) is 0 Å². The van der Waals surface area contributed by atoms with Gasteiger partial charge in [-0.05, 0) is 37.6 Å². The van der Waals surface area contributed by atoms with Crippen LogP contribution >= 0.6 is 0 Å². The van der Waals surface area contributed by atoms with Gasteiger partial charge in [-0.2, -0.15) is 8.42 Å². The lowest BCUT2D eigenvalue weighted by atomic mass is 10.1. The van der Waals surface area contributed by atoms with Crippen LogP contribution in [0.15, 0.2) is 47.4 Å². The van der Waals surface area contributed by atoms with E-state index in [4.69, 9.17) is 8.92 Å². The van der Waals surface area contributed by atoms with E-state index in [0.29, 0.717) is 5.56 Å². The van der Waals surface area contributed by atoms with Crippen LogP contribution in [0.4, 0.5) is 4.39 Å². The van der Waals surface area contributed by atoms with Crippen LogP contribution in [-0.4, -0.2) is 32.4 Å². The minimum atomic E-state index is -4.26. The molecule has 28 heavy (non-hydrogen) atoms. The second-order valence-corrected chi connectivity index (χ2v) is 7.89. The first-order valence-corrected chi connectivity index (χ1v) is 10.2. The Labute approximate surface area is 165 Å². The van der Waals surface area contributed by atoms with Gasteiger partial charge in [-0.3, -0.25) is 4.79 Å². The van der Waals surface area contributed by atoms with Crippen LogP contribution in [0.25, 0.3) is 0 Å². The van der Waals surface area contributed by atoms with Crippen LogP contribution in [0, 0.1) is 5.82 Å². The Morgan fingerprint density at radius 3 is 2.43 bits per heavy atom. The maximum Gasteiger partial charge on any atom is 0.339 e. The normalized spacial score (nSPS) is 12.3. The van der Waals surface area contributed by atoms with E-state index < -0.39 is 15.9 Å². The Morgan fingerprint density at radius 1 is 1.18 bits per heavy atom. The van der Waals surface area contributed by atoms with E-state index in [0.717, 1.165) is 12.5 Å². The van der Waals surface area contributed by atoms with Crippen molar-refractivity contribution in [3.63, 3.8) is 0 Å². The number of para-hydroxylation sites is 1. The number of nitrogens with zero attached hydrogens (tertiary/aromatic N) is 1. The first-order valence-electron chi connectivity index (χ1n) is 8.82. The molecule has 1 amide bonds. The quantitative estimate of drug-likeness (QED) is 0.621. The number of carbonyl (C=O) groups excluding carboxylic acids is 1. The molecule has 152 valence electrons. The minimum absolute atomic E-state index is 0.0159. The number of methoxy groups -OCH3 is 1. The van der Waals surface area contributed by atoms with Crippen LogP contribution < -0.4 is 8.92 Å². The minimum Gasteiger partial charge on any atom is -0.494 e. The summed E-state index contributed by atoms with van der Waals surface area (Å²) in [5.41, 5.74) is 0.538. The monoisotopic (exact) mass is 409 g/mol. The summed E-state index contributed by atoms with van der Waals surface area (Å²) >= 11 is 0. The maximum atomic E-state index is 13.9. The summed E-state index contributed by atoms with van der Waals surface area (Å²) in [4.78, 5) is 13.3. The Balaban J connectivity index is 2.34. The molecule has 8 heteroatoms. The van der Waals surface area contributed by atoms with Crippen LogP contribution in [-0.2, 0) is 21.5 Å². The largest absolute Gasteiger partial charge is 0.494 e. The molecular formula is C20H24FNO5S. The zero-order valence-electron chi connectivity index (χ0n) is 16.3. The van der Waals surface area contributed by atoms with Crippen molar-refractivity contribution in [1.82, 2.24) is 4.90 Å². The predicted octanol–water partition coefficient (Wildman–Crippen LogP) is 3.75. The second-order valence-electron chi connectivity index (χ2n) is 6.35. The highest BCUT2D eigenvalue weighted by molar-refractivity contribution is 7.87. The molecule has 0 spiro atoms. The number of benzene rings is 2. The fraction of sp³-hybridized carbons (Fsp3) is 0.350. The van der Waals surface area contributed by atoms with Gasteiger partial charge in [-0.1, -0.05) is 25.1 Å². The molecule has 0 bridgehead atoms. The summed E-state index contributed by atoms with van der Waals surface area (Å²) < 4.78 is 49.2. The molecular weight excluding hydrogens is 385 g/mol. The van der Waals surface area contributed by atoms with Crippen LogP contribution in [0.2, 0.25) is 0 Å². The maximum absolute atomic E-state index is 13.9. The smallest absolute Gasteiger partial charge is 0.339 e. The standard InChI is InChI=1S/C20H24FNO5S/c1-5-14(2)22(15(3)23)13-16-8-6-7-9-19(16)27-28(24,25)17-10-11-20(26-4)18(21)12-17/h6-12,14H,5,13H2,1-4H3/t14-/m1/s1. The second kappa shape index (κ2) is 9.05. The van der Waals surface area contributed by atoms with Crippen molar-refractivity contribution in [3.05, 3.63) is 53.8 Å².